The molecule has 0 saturated carbocycles. The number of amides is 1. The lowest BCUT2D eigenvalue weighted by atomic mass is 10.1. The highest BCUT2D eigenvalue weighted by Gasteiger charge is 2.18. The van der Waals surface area contributed by atoms with Crippen molar-refractivity contribution in [2.24, 2.45) is 0 Å². The standard InChI is InChI=1S/C18H26N6O2.2ClH/c1-23(2)11-12-26-16-5-3-14(4-6-16)20-18(25)17-13-24(22-21-17)15-7-9-19-10-8-15;;/h3-6,13,15,19H,7-12H2,1-2H3,(H,20,25);2*1H. The van der Waals surface area contributed by atoms with Gasteiger partial charge in [0.2, 0.25) is 0 Å². The van der Waals surface area contributed by atoms with Gasteiger partial charge in [-0.2, -0.15) is 0 Å². The van der Waals surface area contributed by atoms with Crippen molar-refractivity contribution < 1.29 is 9.53 Å². The van der Waals surface area contributed by atoms with Crippen LogP contribution in [-0.2, 0) is 0 Å². The number of aromatic nitrogens is 3. The van der Waals surface area contributed by atoms with Crippen molar-refractivity contribution >= 4 is 36.4 Å². The molecule has 2 aromatic rings. The van der Waals surface area contributed by atoms with Gasteiger partial charge >= 0.3 is 0 Å². The molecule has 0 spiro atoms. The minimum Gasteiger partial charge on any atom is -0.492 e. The topological polar surface area (TPSA) is 84.3 Å². The van der Waals surface area contributed by atoms with Gasteiger partial charge in [-0.15, -0.1) is 29.9 Å². The first-order chi connectivity index (χ1) is 12.6. The van der Waals surface area contributed by atoms with Gasteiger partial charge in [-0.3, -0.25) is 4.79 Å². The number of rotatable bonds is 7. The molecule has 0 radical (unpaired) electrons. The van der Waals surface area contributed by atoms with Gasteiger partial charge in [-0.05, 0) is 64.3 Å². The summed E-state index contributed by atoms with van der Waals surface area (Å²) in [4.78, 5) is 14.4. The van der Waals surface area contributed by atoms with E-state index in [-0.39, 0.29) is 30.7 Å². The van der Waals surface area contributed by atoms with Gasteiger partial charge in [0, 0.05) is 12.2 Å². The van der Waals surface area contributed by atoms with Crippen LogP contribution in [0.4, 0.5) is 5.69 Å². The number of anilines is 1. The Morgan fingerprint density at radius 1 is 1.25 bits per heavy atom. The summed E-state index contributed by atoms with van der Waals surface area (Å²) in [6.07, 6.45) is 3.73. The lowest BCUT2D eigenvalue weighted by Gasteiger charge is -2.22. The number of carbonyl (C=O) groups excluding carboxylic acids is 1. The Labute approximate surface area is 177 Å². The largest absolute Gasteiger partial charge is 0.492 e. The number of halogens is 2. The highest BCUT2D eigenvalue weighted by Crippen LogP contribution is 2.18. The highest BCUT2D eigenvalue weighted by molar-refractivity contribution is 6.02. The fourth-order valence-corrected chi connectivity index (χ4v) is 2.81. The summed E-state index contributed by atoms with van der Waals surface area (Å²) in [5.74, 6) is 0.521. The van der Waals surface area contributed by atoms with Crippen LogP contribution in [0.15, 0.2) is 30.5 Å². The molecule has 28 heavy (non-hydrogen) atoms. The van der Waals surface area contributed by atoms with Crippen molar-refractivity contribution in [2.75, 3.05) is 45.7 Å². The van der Waals surface area contributed by atoms with E-state index in [1.807, 2.05) is 38.4 Å². The van der Waals surface area contributed by atoms with Crippen LogP contribution >= 0.6 is 24.8 Å². The summed E-state index contributed by atoms with van der Waals surface area (Å²) in [5, 5.41) is 14.3. The SMILES string of the molecule is CN(C)CCOc1ccc(NC(=O)c2cn(C3CCNCC3)nn2)cc1.Cl.Cl. The zero-order valence-corrected chi connectivity index (χ0v) is 17.8. The predicted molar refractivity (Wildman–Crippen MR) is 114 cm³/mol. The van der Waals surface area contributed by atoms with E-state index in [0.29, 0.717) is 24.0 Å². The molecule has 0 atom stereocenters. The molecule has 0 unspecified atom stereocenters. The van der Waals surface area contributed by atoms with E-state index in [4.69, 9.17) is 4.74 Å². The van der Waals surface area contributed by atoms with Crippen LogP contribution in [0.2, 0.25) is 0 Å². The lowest BCUT2D eigenvalue weighted by molar-refractivity contribution is 0.102. The molecule has 1 aromatic heterocycles. The van der Waals surface area contributed by atoms with Crippen LogP contribution in [0.5, 0.6) is 5.75 Å². The average molecular weight is 431 g/mol. The van der Waals surface area contributed by atoms with Crippen molar-refractivity contribution in [1.29, 1.82) is 0 Å². The lowest BCUT2D eigenvalue weighted by Crippen LogP contribution is -2.29. The van der Waals surface area contributed by atoms with E-state index >= 15 is 0 Å². The summed E-state index contributed by atoms with van der Waals surface area (Å²) in [6.45, 7) is 3.41. The fourth-order valence-electron chi connectivity index (χ4n) is 2.81. The number of nitrogens with one attached hydrogen (secondary N) is 2. The van der Waals surface area contributed by atoms with E-state index in [1.54, 1.807) is 10.9 Å². The van der Waals surface area contributed by atoms with Crippen LogP contribution in [0.3, 0.4) is 0 Å². The van der Waals surface area contributed by atoms with Crippen LogP contribution in [-0.4, -0.2) is 66.1 Å². The molecule has 2 N–H and O–H groups in total. The van der Waals surface area contributed by atoms with E-state index in [2.05, 4.69) is 25.8 Å². The van der Waals surface area contributed by atoms with E-state index in [9.17, 15) is 4.79 Å². The Kier molecular flexibility index (Phi) is 10.2. The van der Waals surface area contributed by atoms with Crippen molar-refractivity contribution in [2.45, 2.75) is 18.9 Å². The fraction of sp³-hybridized carbons (Fsp3) is 0.500. The van der Waals surface area contributed by atoms with Crippen molar-refractivity contribution in [3.8, 4) is 5.75 Å². The van der Waals surface area contributed by atoms with Crippen molar-refractivity contribution in [1.82, 2.24) is 25.2 Å². The second kappa shape index (κ2) is 11.9. The van der Waals surface area contributed by atoms with Crippen LogP contribution in [0.1, 0.15) is 29.4 Å². The minimum atomic E-state index is -0.258. The maximum Gasteiger partial charge on any atom is 0.277 e. The zero-order valence-electron chi connectivity index (χ0n) is 16.1. The molecule has 10 heteroatoms. The first-order valence-corrected chi connectivity index (χ1v) is 8.93. The summed E-state index contributed by atoms with van der Waals surface area (Å²) in [5.41, 5.74) is 1.03. The monoisotopic (exact) mass is 430 g/mol. The Morgan fingerprint density at radius 2 is 1.93 bits per heavy atom. The van der Waals surface area contributed by atoms with Crippen LogP contribution < -0.4 is 15.4 Å². The first-order valence-electron chi connectivity index (χ1n) is 8.93. The molecule has 0 bridgehead atoms. The Bertz CT molecular complexity index is 717. The molecule has 8 nitrogen and oxygen atoms in total. The predicted octanol–water partition coefficient (Wildman–Crippen LogP) is 2.24. The van der Waals surface area contributed by atoms with Gasteiger partial charge in [-0.1, -0.05) is 5.21 Å². The van der Waals surface area contributed by atoms with E-state index in [0.717, 1.165) is 38.2 Å². The van der Waals surface area contributed by atoms with Gasteiger partial charge in [0.25, 0.3) is 5.91 Å². The third kappa shape index (κ3) is 6.94. The molecule has 1 aromatic carbocycles. The Morgan fingerprint density at radius 3 is 2.57 bits per heavy atom. The average Bonchev–Trinajstić information content (AvgIpc) is 3.14. The number of hydrogen-bond acceptors (Lipinski definition) is 6. The highest BCUT2D eigenvalue weighted by atomic mass is 35.5. The van der Waals surface area contributed by atoms with Crippen molar-refractivity contribution in [3.63, 3.8) is 0 Å². The molecule has 1 aliphatic rings. The molecule has 1 amide bonds. The maximum atomic E-state index is 12.4. The minimum absolute atomic E-state index is 0. The third-order valence-electron chi connectivity index (χ3n) is 4.35. The smallest absolute Gasteiger partial charge is 0.277 e. The summed E-state index contributed by atoms with van der Waals surface area (Å²) >= 11 is 0. The number of hydrogen-bond donors (Lipinski definition) is 2. The first kappa shape index (κ1) is 24.2. The molecule has 1 fully saturated rings. The Balaban J connectivity index is 0.00000196. The number of piperidine rings is 1. The zero-order chi connectivity index (χ0) is 18.4. The van der Waals surface area contributed by atoms with Gasteiger partial charge in [0.15, 0.2) is 5.69 Å². The van der Waals surface area contributed by atoms with E-state index in [1.165, 1.54) is 0 Å². The van der Waals surface area contributed by atoms with E-state index < -0.39 is 0 Å². The molecule has 3 rings (SSSR count). The number of ether oxygens (including phenoxy) is 1. The molecular weight excluding hydrogens is 403 g/mol. The number of likely N-dealkylation sites (N-methyl/N-ethyl adjacent to an activating group) is 1. The van der Waals surface area contributed by atoms with Crippen molar-refractivity contribution in [3.05, 3.63) is 36.2 Å². The van der Waals surface area contributed by atoms with Gasteiger partial charge in [0.05, 0.1) is 12.2 Å². The van der Waals surface area contributed by atoms with Gasteiger partial charge < -0.3 is 20.3 Å². The van der Waals surface area contributed by atoms with Crippen LogP contribution in [0.25, 0.3) is 0 Å². The molecule has 1 aliphatic heterocycles. The summed E-state index contributed by atoms with van der Waals surface area (Å²) in [6, 6.07) is 7.64. The summed E-state index contributed by atoms with van der Waals surface area (Å²) in [7, 11) is 4.01. The molecule has 1 saturated heterocycles. The molecule has 0 aliphatic carbocycles. The number of carbonyl (C=O) groups is 1. The normalized spacial score (nSPS) is 14.1. The van der Waals surface area contributed by atoms with Crippen LogP contribution in [0, 0.1) is 0 Å². The Hall–Kier alpha value is -1.87. The van der Waals surface area contributed by atoms with Gasteiger partial charge in [0.1, 0.15) is 12.4 Å². The quantitative estimate of drug-likeness (QED) is 0.700. The third-order valence-corrected chi connectivity index (χ3v) is 4.35. The number of benzene rings is 1. The van der Waals surface area contributed by atoms with Gasteiger partial charge in [-0.25, -0.2) is 4.68 Å². The second-order valence-electron chi connectivity index (χ2n) is 6.70. The molecular formula is C18H28Cl2N6O2. The molecule has 2 heterocycles. The summed E-state index contributed by atoms with van der Waals surface area (Å²) < 4.78 is 7.45. The molecule has 156 valence electrons. The second-order valence-corrected chi connectivity index (χ2v) is 6.70. The number of nitrogens with zero attached hydrogens (tertiary/aromatic N) is 4. The maximum absolute atomic E-state index is 12.4.